The monoisotopic (exact) mass is 509 g/mol. The van der Waals surface area contributed by atoms with Crippen molar-refractivity contribution >= 4 is 41.4 Å². The molecule has 0 bridgehead atoms. The van der Waals surface area contributed by atoms with Gasteiger partial charge in [0.25, 0.3) is 0 Å². The first-order valence-corrected chi connectivity index (χ1v) is 11.9. The molecule has 1 unspecified atom stereocenters. The molecule has 0 aliphatic carbocycles. The average Bonchev–Trinajstić information content (AvgIpc) is 2.72. The lowest BCUT2D eigenvalue weighted by Crippen LogP contribution is -2.20. The maximum absolute atomic E-state index is 4.31. The van der Waals surface area contributed by atoms with Gasteiger partial charge in [-0.25, -0.2) is 0 Å². The van der Waals surface area contributed by atoms with Gasteiger partial charge in [-0.15, -0.1) is 22.4 Å². The molecule has 0 aliphatic heterocycles. The third kappa shape index (κ3) is 6.23. The smallest absolute Gasteiger partial charge is 0.159 e. The van der Waals surface area contributed by atoms with Gasteiger partial charge >= 0.3 is 0 Å². The van der Waals surface area contributed by atoms with E-state index in [0.717, 1.165) is 18.3 Å². The standard InChI is InChI=1S/C26H28BIP/c1-20(21-10-6-4-7-11-21)22-14-16-24(17-15-22)25(23-12-8-5-9-13-23)18-26(2,3)19-27(28)29/h4-17H,1,18-19,29H2,2-3H3/q+1. The Hall–Kier alpha value is -1.51. The molecule has 0 aromatic heterocycles. The van der Waals surface area contributed by atoms with E-state index in [2.05, 4.69) is 131 Å². The molecule has 1 atom stereocenters. The zero-order chi connectivity index (χ0) is 20.9. The summed E-state index contributed by atoms with van der Waals surface area (Å²) in [7, 11) is 2.93. The molecule has 0 spiro atoms. The average molecular weight is 509 g/mol. The van der Waals surface area contributed by atoms with Gasteiger partial charge in [0, 0.05) is 36.6 Å². The van der Waals surface area contributed by atoms with Crippen LogP contribution >= 0.6 is 31.5 Å². The van der Waals surface area contributed by atoms with Crippen LogP contribution in [-0.4, -0.2) is 4.29 Å². The fourth-order valence-corrected chi connectivity index (χ4v) is 5.60. The van der Waals surface area contributed by atoms with Crippen molar-refractivity contribution in [3.05, 3.63) is 120 Å². The predicted octanol–water partition coefficient (Wildman–Crippen LogP) is 7.93. The fraction of sp³-hybridized carbons (Fsp3) is 0.192. The lowest BCUT2D eigenvalue weighted by Gasteiger charge is -2.28. The van der Waals surface area contributed by atoms with Crippen LogP contribution in [0.4, 0.5) is 0 Å². The van der Waals surface area contributed by atoms with Gasteiger partial charge in [0.2, 0.25) is 4.29 Å². The second kappa shape index (κ2) is 10.0. The molecule has 0 heterocycles. The summed E-state index contributed by atoms with van der Waals surface area (Å²) in [5.41, 5.74) is 6.23. The molecule has 0 nitrogen and oxygen atoms in total. The minimum atomic E-state index is 0.227. The van der Waals surface area contributed by atoms with Gasteiger partial charge in [-0.1, -0.05) is 57.1 Å². The first-order valence-electron chi connectivity index (χ1n) is 10.0. The molecule has 3 rings (SSSR count). The topological polar surface area (TPSA) is 0 Å². The minimum absolute atomic E-state index is 0.227. The molecule has 29 heavy (non-hydrogen) atoms. The first-order chi connectivity index (χ1) is 13.9. The molecule has 0 saturated carbocycles. The third-order valence-electron chi connectivity index (χ3n) is 5.23. The summed E-state index contributed by atoms with van der Waals surface area (Å²) in [6.07, 6.45) is 2.21. The summed E-state index contributed by atoms with van der Waals surface area (Å²) < 4.78 is 0.580. The van der Waals surface area contributed by atoms with E-state index in [-0.39, 0.29) is 5.41 Å². The van der Waals surface area contributed by atoms with Crippen molar-refractivity contribution in [3.8, 4) is 0 Å². The van der Waals surface area contributed by atoms with Gasteiger partial charge in [-0.2, -0.15) is 9.12 Å². The fourth-order valence-electron chi connectivity index (χ4n) is 3.77. The van der Waals surface area contributed by atoms with Gasteiger partial charge in [0.1, 0.15) is 0 Å². The minimum Gasteiger partial charge on any atom is -0.159 e. The van der Waals surface area contributed by atoms with Crippen molar-refractivity contribution in [1.29, 1.82) is 0 Å². The molecule has 3 aromatic carbocycles. The Balaban J connectivity index is 1.89. The molecule has 146 valence electrons. The van der Waals surface area contributed by atoms with Crippen LogP contribution in [0.25, 0.3) is 5.57 Å². The van der Waals surface area contributed by atoms with Crippen LogP contribution in [0.5, 0.6) is 0 Å². The molecule has 0 aliphatic rings. The van der Waals surface area contributed by atoms with E-state index in [0.29, 0.717) is 4.29 Å². The van der Waals surface area contributed by atoms with Crippen LogP contribution < -0.4 is 0 Å². The summed E-state index contributed by atoms with van der Waals surface area (Å²) in [6, 6.07) is 30.1. The van der Waals surface area contributed by atoms with Crippen LogP contribution in [0, 0.1) is 11.3 Å². The Labute approximate surface area is 192 Å². The van der Waals surface area contributed by atoms with E-state index in [1.165, 1.54) is 28.2 Å². The molecule has 0 fully saturated rings. The van der Waals surface area contributed by atoms with Crippen molar-refractivity contribution in [2.24, 2.45) is 5.41 Å². The Bertz CT molecular complexity index is 918. The summed E-state index contributed by atoms with van der Waals surface area (Å²) >= 11 is 2.50. The molecule has 3 heteroatoms. The van der Waals surface area contributed by atoms with E-state index in [1.54, 1.807) is 0 Å². The van der Waals surface area contributed by atoms with Gasteiger partial charge in [-0.05, 0) is 52.4 Å². The summed E-state index contributed by atoms with van der Waals surface area (Å²) in [4.78, 5) is 0. The molecular formula is C26H28BIP+. The zero-order valence-electron chi connectivity index (χ0n) is 17.2. The second-order valence-electron chi connectivity index (χ2n) is 8.33. The van der Waals surface area contributed by atoms with E-state index >= 15 is 0 Å². The lowest BCUT2D eigenvalue weighted by molar-refractivity contribution is 0.396. The second-order valence-corrected chi connectivity index (χ2v) is 12.1. The largest absolute Gasteiger partial charge is 0.240 e. The molecule has 0 N–H and O–H groups in total. The highest BCUT2D eigenvalue weighted by atomic mass is 127. The molecule has 3 aromatic rings. The SMILES string of the molecule is C=C(c1ccccc1)c1ccc([C+](CC(C)(C)CB(P)I)c2ccccc2)cc1. The third-order valence-corrected chi connectivity index (χ3v) is 5.91. The summed E-state index contributed by atoms with van der Waals surface area (Å²) in [5.74, 6) is 1.41. The quantitative estimate of drug-likeness (QED) is 0.125. The Morgan fingerprint density at radius 1 is 0.862 bits per heavy atom. The zero-order valence-corrected chi connectivity index (χ0v) is 20.5. The number of hydrogen-bond acceptors (Lipinski definition) is 0. The molecule has 0 radical (unpaired) electrons. The van der Waals surface area contributed by atoms with Crippen LogP contribution in [0.3, 0.4) is 0 Å². The van der Waals surface area contributed by atoms with E-state index in [9.17, 15) is 0 Å². The van der Waals surface area contributed by atoms with E-state index in [1.807, 2.05) is 6.07 Å². The van der Waals surface area contributed by atoms with Crippen LogP contribution in [0.15, 0.2) is 91.5 Å². The number of rotatable bonds is 8. The number of hydrogen-bond donors (Lipinski definition) is 0. The van der Waals surface area contributed by atoms with Gasteiger partial charge in [0.05, 0.1) is 11.1 Å². The molecular weight excluding hydrogens is 481 g/mol. The van der Waals surface area contributed by atoms with E-state index in [4.69, 9.17) is 0 Å². The molecule has 0 amide bonds. The summed E-state index contributed by atoms with van der Waals surface area (Å²) in [6.45, 7) is 9.05. The number of halogens is 1. The maximum atomic E-state index is 4.31. The van der Waals surface area contributed by atoms with E-state index < -0.39 is 0 Å². The van der Waals surface area contributed by atoms with Crippen molar-refractivity contribution < 1.29 is 0 Å². The van der Waals surface area contributed by atoms with Crippen LogP contribution in [0.2, 0.25) is 6.32 Å². The lowest BCUT2D eigenvalue weighted by atomic mass is 9.70. The Morgan fingerprint density at radius 3 is 1.90 bits per heavy atom. The number of benzene rings is 3. The highest BCUT2D eigenvalue weighted by Gasteiger charge is 2.31. The van der Waals surface area contributed by atoms with Crippen molar-refractivity contribution in [2.75, 3.05) is 0 Å². The van der Waals surface area contributed by atoms with Crippen molar-refractivity contribution in [3.63, 3.8) is 0 Å². The highest BCUT2D eigenvalue weighted by Crippen LogP contribution is 2.40. The van der Waals surface area contributed by atoms with Crippen LogP contribution in [0.1, 0.15) is 42.5 Å². The van der Waals surface area contributed by atoms with Crippen molar-refractivity contribution in [2.45, 2.75) is 26.6 Å². The maximum Gasteiger partial charge on any atom is 0.240 e. The van der Waals surface area contributed by atoms with Gasteiger partial charge < -0.3 is 0 Å². The Kier molecular flexibility index (Phi) is 7.65. The Morgan fingerprint density at radius 2 is 1.34 bits per heavy atom. The van der Waals surface area contributed by atoms with Gasteiger partial charge in [0.15, 0.2) is 0 Å². The predicted molar refractivity (Wildman–Crippen MR) is 142 cm³/mol. The molecule has 0 saturated heterocycles. The van der Waals surface area contributed by atoms with Gasteiger partial charge in [-0.3, -0.25) is 0 Å². The summed E-state index contributed by atoms with van der Waals surface area (Å²) in [5, 5.41) is 0. The van der Waals surface area contributed by atoms with Crippen molar-refractivity contribution in [1.82, 2.24) is 0 Å². The highest BCUT2D eigenvalue weighted by molar-refractivity contribution is 14.1. The first kappa shape index (κ1) is 22.2. The van der Waals surface area contributed by atoms with Crippen LogP contribution in [-0.2, 0) is 0 Å². The normalized spacial score (nSPS) is 11.2.